The third kappa shape index (κ3) is 3.50. The SMILES string of the molecule is Cc1cc(S(=O)(=O)Nc2ncccc2C)c(C(C)C)cc1Br. The minimum absolute atomic E-state index is 0.0910. The van der Waals surface area contributed by atoms with Crippen molar-refractivity contribution in [2.24, 2.45) is 0 Å². The number of nitrogens with zero attached hydrogens (tertiary/aromatic N) is 1. The number of pyridine rings is 1. The summed E-state index contributed by atoms with van der Waals surface area (Å²) in [6.45, 7) is 7.64. The predicted molar refractivity (Wildman–Crippen MR) is 92.8 cm³/mol. The number of rotatable bonds is 4. The molecule has 0 amide bonds. The van der Waals surface area contributed by atoms with Crippen LogP contribution in [0.5, 0.6) is 0 Å². The Labute approximate surface area is 140 Å². The fourth-order valence-electron chi connectivity index (χ4n) is 2.13. The van der Waals surface area contributed by atoms with E-state index in [0.29, 0.717) is 10.7 Å². The topological polar surface area (TPSA) is 59.1 Å². The summed E-state index contributed by atoms with van der Waals surface area (Å²) < 4.78 is 29.0. The van der Waals surface area contributed by atoms with Crippen LogP contribution in [0, 0.1) is 13.8 Å². The Hall–Kier alpha value is -1.40. The summed E-state index contributed by atoms with van der Waals surface area (Å²) in [7, 11) is -3.68. The van der Waals surface area contributed by atoms with Gasteiger partial charge in [0.2, 0.25) is 0 Å². The van der Waals surface area contributed by atoms with Crippen molar-refractivity contribution in [2.75, 3.05) is 4.72 Å². The van der Waals surface area contributed by atoms with E-state index in [9.17, 15) is 8.42 Å². The van der Waals surface area contributed by atoms with Gasteiger partial charge in [-0.3, -0.25) is 4.72 Å². The van der Waals surface area contributed by atoms with Gasteiger partial charge in [0.15, 0.2) is 0 Å². The molecule has 0 saturated heterocycles. The summed E-state index contributed by atoms with van der Waals surface area (Å²) in [6.07, 6.45) is 1.57. The van der Waals surface area contributed by atoms with Gasteiger partial charge in [0.1, 0.15) is 5.82 Å². The lowest BCUT2D eigenvalue weighted by Gasteiger charge is -2.16. The summed E-state index contributed by atoms with van der Waals surface area (Å²) in [5, 5.41) is 0. The van der Waals surface area contributed by atoms with Gasteiger partial charge in [-0.25, -0.2) is 13.4 Å². The van der Waals surface area contributed by atoms with Gasteiger partial charge in [0.25, 0.3) is 10.0 Å². The van der Waals surface area contributed by atoms with Gasteiger partial charge >= 0.3 is 0 Å². The van der Waals surface area contributed by atoms with Crippen LogP contribution in [0.4, 0.5) is 5.82 Å². The lowest BCUT2D eigenvalue weighted by atomic mass is 10.0. The molecule has 22 heavy (non-hydrogen) atoms. The molecule has 2 aromatic rings. The first-order valence-corrected chi connectivity index (χ1v) is 9.24. The molecule has 6 heteroatoms. The highest BCUT2D eigenvalue weighted by molar-refractivity contribution is 9.10. The van der Waals surface area contributed by atoms with Gasteiger partial charge < -0.3 is 0 Å². The maximum Gasteiger partial charge on any atom is 0.263 e. The van der Waals surface area contributed by atoms with E-state index < -0.39 is 10.0 Å². The zero-order chi connectivity index (χ0) is 16.5. The van der Waals surface area contributed by atoms with E-state index in [4.69, 9.17) is 0 Å². The zero-order valence-corrected chi connectivity index (χ0v) is 15.4. The molecule has 0 fully saturated rings. The molecule has 118 valence electrons. The lowest BCUT2D eigenvalue weighted by molar-refractivity contribution is 0.598. The quantitative estimate of drug-likeness (QED) is 0.852. The Morgan fingerprint density at radius 2 is 1.86 bits per heavy atom. The van der Waals surface area contributed by atoms with Crippen LogP contribution in [0.15, 0.2) is 39.8 Å². The lowest BCUT2D eigenvalue weighted by Crippen LogP contribution is -2.17. The largest absolute Gasteiger partial charge is 0.263 e. The number of hydrogen-bond acceptors (Lipinski definition) is 3. The monoisotopic (exact) mass is 382 g/mol. The van der Waals surface area contributed by atoms with Gasteiger partial charge in [0, 0.05) is 10.7 Å². The first-order chi connectivity index (χ1) is 10.2. The van der Waals surface area contributed by atoms with Gasteiger partial charge in [-0.1, -0.05) is 35.8 Å². The van der Waals surface area contributed by atoms with Crippen LogP contribution in [-0.4, -0.2) is 13.4 Å². The third-order valence-electron chi connectivity index (χ3n) is 3.44. The van der Waals surface area contributed by atoms with Crippen LogP contribution in [-0.2, 0) is 10.0 Å². The van der Waals surface area contributed by atoms with Crippen molar-refractivity contribution in [2.45, 2.75) is 38.5 Å². The number of halogens is 1. The van der Waals surface area contributed by atoms with E-state index in [1.807, 2.05) is 39.8 Å². The minimum atomic E-state index is -3.68. The summed E-state index contributed by atoms with van der Waals surface area (Å²) in [4.78, 5) is 4.40. The van der Waals surface area contributed by atoms with E-state index >= 15 is 0 Å². The molecule has 1 aromatic heterocycles. The number of hydrogen-bond donors (Lipinski definition) is 1. The van der Waals surface area contributed by atoms with E-state index in [2.05, 4.69) is 25.6 Å². The predicted octanol–water partition coefficient (Wildman–Crippen LogP) is 4.39. The maximum absolute atomic E-state index is 12.8. The normalized spacial score (nSPS) is 11.7. The first kappa shape index (κ1) is 17.0. The molecule has 0 atom stereocenters. The Morgan fingerprint density at radius 3 is 2.45 bits per heavy atom. The Kier molecular flexibility index (Phi) is 4.92. The highest BCUT2D eigenvalue weighted by Gasteiger charge is 2.22. The van der Waals surface area contributed by atoms with Gasteiger partial charge in [-0.05, 0) is 54.7 Å². The van der Waals surface area contributed by atoms with E-state index in [1.54, 1.807) is 18.3 Å². The smallest absolute Gasteiger partial charge is 0.263 e. The van der Waals surface area contributed by atoms with Gasteiger partial charge in [-0.2, -0.15) is 0 Å². The standard InChI is InChI=1S/C16H19BrN2O2S/c1-10(2)13-9-14(17)12(4)8-15(13)22(20,21)19-16-11(3)6-5-7-18-16/h5-10H,1-4H3,(H,18,19). The molecule has 0 bridgehead atoms. The van der Waals surface area contributed by atoms with Crippen molar-refractivity contribution in [3.8, 4) is 0 Å². The molecule has 2 rings (SSSR count). The molecular formula is C16H19BrN2O2S. The minimum Gasteiger partial charge on any atom is -0.263 e. The number of aryl methyl sites for hydroxylation is 2. The fraction of sp³-hybridized carbons (Fsp3) is 0.312. The molecule has 0 unspecified atom stereocenters. The van der Waals surface area contributed by atoms with Crippen LogP contribution < -0.4 is 4.72 Å². The Balaban J connectivity index is 2.54. The van der Waals surface area contributed by atoms with Crippen molar-refractivity contribution in [1.29, 1.82) is 0 Å². The molecule has 0 spiro atoms. The fourth-order valence-corrected chi connectivity index (χ4v) is 4.01. The summed E-state index contributed by atoms with van der Waals surface area (Å²) in [5.41, 5.74) is 2.44. The molecular weight excluding hydrogens is 364 g/mol. The van der Waals surface area contributed by atoms with E-state index in [0.717, 1.165) is 21.2 Å². The van der Waals surface area contributed by atoms with E-state index in [-0.39, 0.29) is 5.92 Å². The third-order valence-corrected chi connectivity index (χ3v) is 5.69. The first-order valence-electron chi connectivity index (χ1n) is 6.97. The number of benzene rings is 1. The maximum atomic E-state index is 12.8. The highest BCUT2D eigenvalue weighted by Crippen LogP contribution is 2.31. The Bertz CT molecular complexity index is 802. The molecule has 4 nitrogen and oxygen atoms in total. The molecule has 0 saturated carbocycles. The van der Waals surface area contributed by atoms with Gasteiger partial charge in [-0.15, -0.1) is 0 Å². The number of nitrogens with one attached hydrogen (secondary N) is 1. The number of aromatic nitrogens is 1. The average Bonchev–Trinajstić information content (AvgIpc) is 2.43. The molecule has 1 heterocycles. The molecule has 1 N–H and O–H groups in total. The van der Waals surface area contributed by atoms with Crippen molar-refractivity contribution < 1.29 is 8.42 Å². The Morgan fingerprint density at radius 1 is 1.18 bits per heavy atom. The van der Waals surface area contributed by atoms with E-state index in [1.165, 1.54) is 0 Å². The van der Waals surface area contributed by atoms with Crippen LogP contribution in [0.1, 0.15) is 36.5 Å². The van der Waals surface area contributed by atoms with Gasteiger partial charge in [0.05, 0.1) is 4.90 Å². The van der Waals surface area contributed by atoms with Crippen LogP contribution in [0.3, 0.4) is 0 Å². The molecule has 1 aromatic carbocycles. The van der Waals surface area contributed by atoms with Crippen molar-refractivity contribution in [3.05, 3.63) is 51.6 Å². The summed E-state index contributed by atoms with van der Waals surface area (Å²) >= 11 is 3.47. The van der Waals surface area contributed by atoms with Crippen molar-refractivity contribution in [1.82, 2.24) is 4.98 Å². The summed E-state index contributed by atoms with van der Waals surface area (Å²) in [5.74, 6) is 0.450. The van der Waals surface area contributed by atoms with Crippen LogP contribution in [0.25, 0.3) is 0 Å². The second-order valence-electron chi connectivity index (χ2n) is 5.57. The second-order valence-corrected chi connectivity index (χ2v) is 8.07. The van der Waals surface area contributed by atoms with Crippen LogP contribution >= 0.6 is 15.9 Å². The molecule has 0 aliphatic rings. The highest BCUT2D eigenvalue weighted by atomic mass is 79.9. The summed E-state index contributed by atoms with van der Waals surface area (Å²) in [6, 6.07) is 7.16. The van der Waals surface area contributed by atoms with Crippen LogP contribution in [0.2, 0.25) is 0 Å². The molecule has 0 aliphatic heterocycles. The van der Waals surface area contributed by atoms with Crippen molar-refractivity contribution in [3.63, 3.8) is 0 Å². The number of sulfonamides is 1. The molecule has 0 aliphatic carbocycles. The number of anilines is 1. The zero-order valence-electron chi connectivity index (χ0n) is 13.0. The molecule has 0 radical (unpaired) electrons. The average molecular weight is 383 g/mol. The van der Waals surface area contributed by atoms with Crippen molar-refractivity contribution >= 4 is 31.8 Å². The second kappa shape index (κ2) is 6.38.